The lowest BCUT2D eigenvalue weighted by molar-refractivity contribution is -0.386. The van der Waals surface area contributed by atoms with Gasteiger partial charge < -0.3 is 4.98 Å². The van der Waals surface area contributed by atoms with Gasteiger partial charge in [-0.3, -0.25) is 10.1 Å². The van der Waals surface area contributed by atoms with Crippen LogP contribution in [0.2, 0.25) is 0 Å². The van der Waals surface area contributed by atoms with Gasteiger partial charge >= 0.3 is 5.69 Å². The SMILES string of the molecule is O=[N+]([O-])c1c(Sc2ncnc3nc[nH]c23)ccc2nsnc12. The van der Waals surface area contributed by atoms with Gasteiger partial charge in [0.2, 0.25) is 0 Å². The number of imidazole rings is 1. The lowest BCUT2D eigenvalue weighted by Gasteiger charge is -2.03. The Morgan fingerprint density at radius 3 is 3.00 bits per heavy atom. The molecular weight excluding hydrogens is 326 g/mol. The number of nitro groups is 1. The minimum Gasteiger partial charge on any atom is -0.341 e. The summed E-state index contributed by atoms with van der Waals surface area (Å²) in [4.78, 5) is 26.6. The summed E-state index contributed by atoms with van der Waals surface area (Å²) in [6.07, 6.45) is 2.88. The third-order valence-electron chi connectivity index (χ3n) is 2.94. The lowest BCUT2D eigenvalue weighted by atomic mass is 10.3. The average Bonchev–Trinajstić information content (AvgIpc) is 3.15. The Balaban J connectivity index is 1.89. The van der Waals surface area contributed by atoms with E-state index < -0.39 is 4.92 Å². The summed E-state index contributed by atoms with van der Waals surface area (Å²) in [6.45, 7) is 0. The molecule has 0 saturated heterocycles. The van der Waals surface area contributed by atoms with Crippen molar-refractivity contribution in [2.24, 2.45) is 0 Å². The molecule has 0 radical (unpaired) electrons. The number of aromatic amines is 1. The van der Waals surface area contributed by atoms with Crippen molar-refractivity contribution in [1.82, 2.24) is 28.7 Å². The topological polar surface area (TPSA) is 123 Å². The zero-order chi connectivity index (χ0) is 15.1. The van der Waals surface area contributed by atoms with Gasteiger partial charge in [-0.2, -0.15) is 8.75 Å². The first kappa shape index (κ1) is 13.0. The van der Waals surface area contributed by atoms with Gasteiger partial charge in [0, 0.05) is 0 Å². The summed E-state index contributed by atoms with van der Waals surface area (Å²) in [5.41, 5.74) is 1.88. The Hall–Kier alpha value is -2.66. The largest absolute Gasteiger partial charge is 0.341 e. The zero-order valence-electron chi connectivity index (χ0n) is 10.6. The second-order valence-corrected chi connectivity index (χ2v) is 5.74. The molecular formula is C11H5N7O2S2. The van der Waals surface area contributed by atoms with E-state index in [1.165, 1.54) is 24.4 Å². The van der Waals surface area contributed by atoms with E-state index in [2.05, 4.69) is 28.7 Å². The molecule has 0 amide bonds. The van der Waals surface area contributed by atoms with Crippen molar-refractivity contribution < 1.29 is 4.92 Å². The molecule has 0 fully saturated rings. The van der Waals surface area contributed by atoms with E-state index in [0.717, 1.165) is 11.7 Å². The highest BCUT2D eigenvalue weighted by molar-refractivity contribution is 7.99. The molecule has 0 unspecified atom stereocenters. The molecule has 11 heteroatoms. The average molecular weight is 331 g/mol. The van der Waals surface area contributed by atoms with Crippen LogP contribution in [0.3, 0.4) is 0 Å². The van der Waals surface area contributed by atoms with Crippen LogP contribution in [0.4, 0.5) is 5.69 Å². The Labute approximate surface area is 130 Å². The number of rotatable bonds is 3. The summed E-state index contributed by atoms with van der Waals surface area (Å²) in [5.74, 6) is 0. The van der Waals surface area contributed by atoms with E-state index >= 15 is 0 Å². The van der Waals surface area contributed by atoms with Crippen molar-refractivity contribution in [2.45, 2.75) is 9.92 Å². The third-order valence-corrected chi connectivity index (χ3v) is 4.54. The van der Waals surface area contributed by atoms with Gasteiger partial charge in [-0.25, -0.2) is 15.0 Å². The van der Waals surface area contributed by atoms with Gasteiger partial charge in [0.25, 0.3) is 0 Å². The molecule has 1 N–H and O–H groups in total. The molecule has 0 aliphatic heterocycles. The van der Waals surface area contributed by atoms with Crippen LogP contribution in [0, 0.1) is 10.1 Å². The zero-order valence-corrected chi connectivity index (χ0v) is 12.3. The molecule has 0 saturated carbocycles. The van der Waals surface area contributed by atoms with Crippen LogP contribution < -0.4 is 0 Å². The highest BCUT2D eigenvalue weighted by Crippen LogP contribution is 2.39. The predicted octanol–water partition coefficient (Wildman–Crippen LogP) is 2.42. The van der Waals surface area contributed by atoms with Crippen molar-refractivity contribution in [2.75, 3.05) is 0 Å². The Morgan fingerprint density at radius 1 is 1.23 bits per heavy atom. The van der Waals surface area contributed by atoms with E-state index in [1.807, 2.05) is 0 Å². The van der Waals surface area contributed by atoms with E-state index in [1.54, 1.807) is 12.1 Å². The lowest BCUT2D eigenvalue weighted by Crippen LogP contribution is -1.93. The van der Waals surface area contributed by atoms with Crippen molar-refractivity contribution >= 4 is 51.4 Å². The van der Waals surface area contributed by atoms with Crippen molar-refractivity contribution in [3.8, 4) is 0 Å². The summed E-state index contributed by atoms with van der Waals surface area (Å²) in [6, 6.07) is 3.36. The maximum Gasteiger partial charge on any atom is 0.312 e. The van der Waals surface area contributed by atoms with E-state index in [4.69, 9.17) is 0 Å². The van der Waals surface area contributed by atoms with Gasteiger partial charge in [-0.05, 0) is 12.1 Å². The molecule has 0 spiro atoms. The van der Waals surface area contributed by atoms with Gasteiger partial charge in [0.05, 0.1) is 27.9 Å². The van der Waals surface area contributed by atoms with Crippen LogP contribution in [0.15, 0.2) is 34.7 Å². The number of aromatic nitrogens is 6. The predicted molar refractivity (Wildman–Crippen MR) is 79.9 cm³/mol. The first-order valence-corrected chi connectivity index (χ1v) is 7.50. The number of hydrogen-bond donors (Lipinski definition) is 1. The summed E-state index contributed by atoms with van der Waals surface area (Å²) in [7, 11) is 0. The molecule has 4 aromatic rings. The maximum atomic E-state index is 11.4. The number of nitrogens with one attached hydrogen (secondary N) is 1. The van der Waals surface area contributed by atoms with Crippen LogP contribution in [-0.2, 0) is 0 Å². The second-order valence-electron chi connectivity index (χ2n) is 4.18. The van der Waals surface area contributed by atoms with Crippen LogP contribution in [0.1, 0.15) is 0 Å². The Bertz CT molecular complexity index is 1010. The van der Waals surface area contributed by atoms with Crippen LogP contribution in [0.25, 0.3) is 22.2 Å². The maximum absolute atomic E-state index is 11.4. The van der Waals surface area contributed by atoms with Crippen LogP contribution in [0.5, 0.6) is 0 Å². The van der Waals surface area contributed by atoms with Crippen molar-refractivity contribution in [3.63, 3.8) is 0 Å². The summed E-state index contributed by atoms with van der Waals surface area (Å²) < 4.78 is 8.04. The van der Waals surface area contributed by atoms with E-state index in [-0.39, 0.29) is 11.2 Å². The molecule has 3 aromatic heterocycles. The van der Waals surface area contributed by atoms with Crippen LogP contribution >= 0.6 is 23.5 Å². The first-order chi connectivity index (χ1) is 10.7. The monoisotopic (exact) mass is 331 g/mol. The first-order valence-electron chi connectivity index (χ1n) is 5.95. The van der Waals surface area contributed by atoms with Crippen LogP contribution in [-0.4, -0.2) is 33.6 Å². The number of H-pyrrole nitrogens is 1. The summed E-state index contributed by atoms with van der Waals surface area (Å²) >= 11 is 2.12. The Kier molecular flexibility index (Phi) is 2.94. The number of nitro benzene ring substituents is 1. The fourth-order valence-electron chi connectivity index (χ4n) is 2.00. The second kappa shape index (κ2) is 4.96. The summed E-state index contributed by atoms with van der Waals surface area (Å²) in [5, 5.41) is 12.0. The molecule has 108 valence electrons. The van der Waals surface area contributed by atoms with E-state index in [9.17, 15) is 10.1 Å². The van der Waals surface area contributed by atoms with Gasteiger partial charge in [-0.1, -0.05) is 11.8 Å². The highest BCUT2D eigenvalue weighted by atomic mass is 32.2. The normalized spacial score (nSPS) is 11.3. The molecule has 0 aliphatic carbocycles. The molecule has 9 nitrogen and oxygen atoms in total. The minimum atomic E-state index is -0.447. The molecule has 0 bridgehead atoms. The number of hydrogen-bond acceptors (Lipinski definition) is 9. The fraction of sp³-hybridized carbons (Fsp3) is 0. The molecule has 22 heavy (non-hydrogen) atoms. The smallest absolute Gasteiger partial charge is 0.312 e. The van der Waals surface area contributed by atoms with Crippen molar-refractivity contribution in [1.29, 1.82) is 0 Å². The minimum absolute atomic E-state index is 0.0671. The van der Waals surface area contributed by atoms with Gasteiger partial charge in [0.15, 0.2) is 11.2 Å². The molecule has 0 atom stereocenters. The molecule has 3 heterocycles. The third kappa shape index (κ3) is 1.98. The Morgan fingerprint density at radius 2 is 2.14 bits per heavy atom. The van der Waals surface area contributed by atoms with Gasteiger partial charge in [-0.15, -0.1) is 0 Å². The fourth-order valence-corrected chi connectivity index (χ4v) is 3.50. The van der Waals surface area contributed by atoms with E-state index in [0.29, 0.717) is 26.6 Å². The highest BCUT2D eigenvalue weighted by Gasteiger charge is 2.23. The quantitative estimate of drug-likeness (QED) is 0.345. The molecule has 1 aromatic carbocycles. The van der Waals surface area contributed by atoms with Crippen molar-refractivity contribution in [3.05, 3.63) is 34.9 Å². The number of nitrogens with zero attached hydrogens (tertiary/aromatic N) is 6. The molecule has 0 aliphatic rings. The standard InChI is InChI=1S/C11H5N7O2S2/c19-18(20)9-6(2-1-5-7(9)17-22-16-5)21-11-8-10(13-3-12-8)14-4-15-11/h1-4H,(H,12,13,14,15). The number of fused-ring (bicyclic) bond motifs is 2. The number of benzene rings is 1. The molecule has 4 rings (SSSR count). The van der Waals surface area contributed by atoms with Gasteiger partial charge in [0.1, 0.15) is 22.4 Å².